The van der Waals surface area contributed by atoms with Crippen LogP contribution in [0.25, 0.3) is 0 Å². The highest BCUT2D eigenvalue weighted by molar-refractivity contribution is 8.00. The molecule has 0 spiro atoms. The molecule has 0 aromatic heterocycles. The number of hydrogen-bond acceptors (Lipinski definition) is 4. The Hall–Kier alpha value is -2.05. The summed E-state index contributed by atoms with van der Waals surface area (Å²) in [5, 5.41) is 2.97. The molecule has 0 radical (unpaired) electrons. The van der Waals surface area contributed by atoms with E-state index in [-0.39, 0.29) is 17.8 Å². The number of benzene rings is 2. The van der Waals surface area contributed by atoms with Gasteiger partial charge >= 0.3 is 0 Å². The second kappa shape index (κ2) is 9.44. The van der Waals surface area contributed by atoms with Gasteiger partial charge < -0.3 is 15.0 Å². The molecule has 4 nitrogen and oxygen atoms in total. The van der Waals surface area contributed by atoms with Crippen molar-refractivity contribution in [2.24, 2.45) is 0 Å². The number of halogens is 1. The Kier molecular flexibility index (Phi) is 7.28. The summed E-state index contributed by atoms with van der Waals surface area (Å²) in [6.07, 6.45) is 0. The van der Waals surface area contributed by atoms with Gasteiger partial charge in [-0.05, 0) is 56.1 Å². The number of nitrogens with zero attached hydrogens (tertiary/aromatic N) is 1. The molecule has 0 bridgehead atoms. The van der Waals surface area contributed by atoms with Gasteiger partial charge in [0.05, 0.1) is 18.9 Å². The number of ether oxygens (including phenoxy) is 1. The van der Waals surface area contributed by atoms with E-state index in [9.17, 15) is 9.18 Å². The van der Waals surface area contributed by atoms with Crippen molar-refractivity contribution in [2.75, 3.05) is 33.5 Å². The quantitative estimate of drug-likeness (QED) is 0.732. The second-order valence-corrected chi connectivity index (χ2v) is 6.85. The van der Waals surface area contributed by atoms with Gasteiger partial charge in [-0.3, -0.25) is 4.79 Å². The van der Waals surface area contributed by atoms with Gasteiger partial charge in [-0.2, -0.15) is 0 Å². The molecule has 1 N–H and O–H groups in total. The highest BCUT2D eigenvalue weighted by Crippen LogP contribution is 2.22. The molecule has 134 valence electrons. The highest BCUT2D eigenvalue weighted by Gasteiger charge is 2.16. The number of likely N-dealkylation sites (N-methyl/N-ethyl adjacent to an activating group) is 1. The molecule has 2 aromatic carbocycles. The van der Waals surface area contributed by atoms with E-state index in [2.05, 4.69) is 10.2 Å². The SMILES string of the molecule is COc1cccc(C(CNC(=O)CSc2ccc(F)cc2)N(C)C)c1. The first-order chi connectivity index (χ1) is 12.0. The molecule has 1 atom stereocenters. The van der Waals surface area contributed by atoms with Crippen molar-refractivity contribution in [1.82, 2.24) is 10.2 Å². The lowest BCUT2D eigenvalue weighted by Gasteiger charge is -2.25. The fourth-order valence-corrected chi connectivity index (χ4v) is 3.12. The summed E-state index contributed by atoms with van der Waals surface area (Å²) in [7, 11) is 5.59. The first-order valence-electron chi connectivity index (χ1n) is 7.95. The number of thioether (sulfide) groups is 1. The summed E-state index contributed by atoms with van der Waals surface area (Å²) < 4.78 is 18.2. The van der Waals surface area contributed by atoms with Crippen LogP contribution in [-0.4, -0.2) is 44.3 Å². The number of carbonyl (C=O) groups is 1. The Morgan fingerprint density at radius 2 is 1.96 bits per heavy atom. The van der Waals surface area contributed by atoms with Crippen LogP contribution in [0, 0.1) is 5.82 Å². The molecule has 0 aliphatic heterocycles. The van der Waals surface area contributed by atoms with Gasteiger partial charge in [-0.15, -0.1) is 11.8 Å². The van der Waals surface area contributed by atoms with Gasteiger partial charge in [0.25, 0.3) is 0 Å². The van der Waals surface area contributed by atoms with Crippen LogP contribution in [0.15, 0.2) is 53.4 Å². The van der Waals surface area contributed by atoms with E-state index < -0.39 is 0 Å². The lowest BCUT2D eigenvalue weighted by atomic mass is 10.1. The van der Waals surface area contributed by atoms with Crippen molar-refractivity contribution in [3.8, 4) is 5.75 Å². The molecule has 1 unspecified atom stereocenters. The van der Waals surface area contributed by atoms with E-state index in [0.717, 1.165) is 16.2 Å². The molecular weight excluding hydrogens is 339 g/mol. The van der Waals surface area contributed by atoms with Gasteiger partial charge in [-0.25, -0.2) is 4.39 Å². The standard InChI is InChI=1S/C19H23FN2O2S/c1-22(2)18(14-5-4-6-16(11-14)24-3)12-21-19(23)13-25-17-9-7-15(20)8-10-17/h4-11,18H,12-13H2,1-3H3,(H,21,23). The molecule has 0 heterocycles. The van der Waals surface area contributed by atoms with Gasteiger partial charge in [0.1, 0.15) is 11.6 Å². The Balaban J connectivity index is 1.89. The predicted octanol–water partition coefficient (Wildman–Crippen LogP) is 3.35. The minimum atomic E-state index is -0.277. The van der Waals surface area contributed by atoms with Gasteiger partial charge in [0, 0.05) is 11.4 Å². The van der Waals surface area contributed by atoms with E-state index in [0.29, 0.717) is 12.3 Å². The van der Waals surface area contributed by atoms with E-state index >= 15 is 0 Å². The van der Waals surface area contributed by atoms with E-state index in [1.165, 1.54) is 23.9 Å². The number of methoxy groups -OCH3 is 1. The molecular formula is C19H23FN2O2S. The first-order valence-corrected chi connectivity index (χ1v) is 8.93. The van der Waals surface area contributed by atoms with Crippen molar-refractivity contribution >= 4 is 17.7 Å². The summed E-state index contributed by atoms with van der Waals surface area (Å²) in [6, 6.07) is 14.0. The summed E-state index contributed by atoms with van der Waals surface area (Å²) in [6.45, 7) is 0.503. The average molecular weight is 362 g/mol. The van der Waals surface area contributed by atoms with Crippen molar-refractivity contribution in [1.29, 1.82) is 0 Å². The van der Waals surface area contributed by atoms with E-state index in [1.807, 2.05) is 38.4 Å². The molecule has 6 heteroatoms. The second-order valence-electron chi connectivity index (χ2n) is 5.80. The third kappa shape index (κ3) is 6.07. The minimum absolute atomic E-state index is 0.0508. The Bertz CT molecular complexity index is 692. The zero-order valence-electron chi connectivity index (χ0n) is 14.7. The number of nitrogens with one attached hydrogen (secondary N) is 1. The highest BCUT2D eigenvalue weighted by atomic mass is 32.2. The Morgan fingerprint density at radius 3 is 2.60 bits per heavy atom. The van der Waals surface area contributed by atoms with Crippen molar-refractivity contribution < 1.29 is 13.9 Å². The third-order valence-corrected chi connectivity index (χ3v) is 4.79. The van der Waals surface area contributed by atoms with Crippen molar-refractivity contribution in [2.45, 2.75) is 10.9 Å². The average Bonchev–Trinajstić information content (AvgIpc) is 2.61. The molecule has 0 aliphatic carbocycles. The topological polar surface area (TPSA) is 41.6 Å². The fourth-order valence-electron chi connectivity index (χ4n) is 2.39. The number of amides is 1. The van der Waals surface area contributed by atoms with Crippen LogP contribution in [0.3, 0.4) is 0 Å². The molecule has 0 fully saturated rings. The summed E-state index contributed by atoms with van der Waals surface area (Å²) in [5.74, 6) is 0.761. The van der Waals surface area contributed by atoms with E-state index in [1.54, 1.807) is 19.2 Å². The number of rotatable bonds is 8. The predicted molar refractivity (Wildman–Crippen MR) is 99.6 cm³/mol. The fraction of sp³-hybridized carbons (Fsp3) is 0.316. The number of hydrogen-bond donors (Lipinski definition) is 1. The third-order valence-electron chi connectivity index (χ3n) is 3.78. The van der Waals surface area contributed by atoms with Crippen LogP contribution in [0.4, 0.5) is 4.39 Å². The molecule has 25 heavy (non-hydrogen) atoms. The summed E-state index contributed by atoms with van der Waals surface area (Å²) >= 11 is 1.39. The van der Waals surface area contributed by atoms with E-state index in [4.69, 9.17) is 4.74 Å². The van der Waals surface area contributed by atoms with Crippen LogP contribution in [0.2, 0.25) is 0 Å². The van der Waals surface area contributed by atoms with Crippen molar-refractivity contribution in [3.63, 3.8) is 0 Å². The maximum atomic E-state index is 12.9. The lowest BCUT2D eigenvalue weighted by Crippen LogP contribution is -2.35. The maximum absolute atomic E-state index is 12.9. The van der Waals surface area contributed by atoms with Crippen LogP contribution in [-0.2, 0) is 4.79 Å². The number of carbonyl (C=O) groups excluding carboxylic acids is 1. The molecule has 0 saturated heterocycles. The van der Waals surface area contributed by atoms with Gasteiger partial charge in [0.2, 0.25) is 5.91 Å². The van der Waals surface area contributed by atoms with Crippen LogP contribution < -0.4 is 10.1 Å². The normalized spacial score (nSPS) is 12.0. The molecule has 2 rings (SSSR count). The lowest BCUT2D eigenvalue weighted by molar-refractivity contribution is -0.118. The minimum Gasteiger partial charge on any atom is -0.497 e. The van der Waals surface area contributed by atoms with Crippen LogP contribution in [0.1, 0.15) is 11.6 Å². The Labute approximate surface area is 152 Å². The monoisotopic (exact) mass is 362 g/mol. The molecule has 0 saturated carbocycles. The first kappa shape index (κ1) is 19.3. The van der Waals surface area contributed by atoms with Gasteiger partial charge in [0.15, 0.2) is 0 Å². The summed E-state index contributed by atoms with van der Waals surface area (Å²) in [5.41, 5.74) is 1.08. The maximum Gasteiger partial charge on any atom is 0.230 e. The summed E-state index contributed by atoms with van der Waals surface area (Å²) in [4.78, 5) is 15.0. The zero-order chi connectivity index (χ0) is 18.2. The van der Waals surface area contributed by atoms with Gasteiger partial charge in [-0.1, -0.05) is 12.1 Å². The molecule has 2 aromatic rings. The van der Waals surface area contributed by atoms with Crippen LogP contribution in [0.5, 0.6) is 5.75 Å². The molecule has 1 amide bonds. The molecule has 0 aliphatic rings. The van der Waals surface area contributed by atoms with Crippen LogP contribution >= 0.6 is 11.8 Å². The van der Waals surface area contributed by atoms with Crippen molar-refractivity contribution in [3.05, 3.63) is 59.9 Å². The zero-order valence-corrected chi connectivity index (χ0v) is 15.5. The Morgan fingerprint density at radius 1 is 1.24 bits per heavy atom. The smallest absolute Gasteiger partial charge is 0.230 e. The largest absolute Gasteiger partial charge is 0.497 e.